The zero-order chi connectivity index (χ0) is 20.2. The lowest BCUT2D eigenvalue weighted by atomic mass is 9.99. The molecule has 4 rings (SSSR count). The highest BCUT2D eigenvalue weighted by Gasteiger charge is 2.29. The minimum atomic E-state index is -0.0281. The number of carbonyl (C=O) groups is 1. The highest BCUT2D eigenvalue weighted by Crippen LogP contribution is 2.26. The van der Waals surface area contributed by atoms with E-state index in [1.165, 1.54) is 0 Å². The van der Waals surface area contributed by atoms with Crippen molar-refractivity contribution in [2.24, 2.45) is 0 Å². The largest absolute Gasteiger partial charge is 0.352 e. The van der Waals surface area contributed by atoms with Crippen LogP contribution in [0.5, 0.6) is 0 Å². The van der Waals surface area contributed by atoms with Crippen molar-refractivity contribution in [1.29, 1.82) is 0 Å². The van der Waals surface area contributed by atoms with E-state index in [0.29, 0.717) is 41.9 Å². The van der Waals surface area contributed by atoms with Crippen LogP contribution >= 0.6 is 15.9 Å². The number of amides is 1. The first-order chi connectivity index (χ1) is 14.1. The van der Waals surface area contributed by atoms with Crippen molar-refractivity contribution in [2.45, 2.75) is 32.2 Å². The van der Waals surface area contributed by atoms with Gasteiger partial charge in [0, 0.05) is 31.5 Å². The van der Waals surface area contributed by atoms with E-state index in [1.54, 1.807) is 19.3 Å². The third-order valence-corrected chi connectivity index (χ3v) is 5.33. The number of nitrogens with one attached hydrogen (secondary N) is 1. The van der Waals surface area contributed by atoms with E-state index in [1.807, 2.05) is 29.2 Å². The fourth-order valence-electron chi connectivity index (χ4n) is 3.51. The van der Waals surface area contributed by atoms with Crippen LogP contribution in [0.15, 0.2) is 45.7 Å². The second kappa shape index (κ2) is 8.69. The molecule has 0 aliphatic carbocycles. The number of hydrogen-bond acceptors (Lipinski definition) is 7. The maximum atomic E-state index is 13.4. The van der Waals surface area contributed by atoms with Gasteiger partial charge in [-0.1, -0.05) is 17.3 Å². The number of nitrogens with zero attached hydrogens (tertiary/aromatic N) is 5. The molecule has 1 unspecified atom stereocenters. The van der Waals surface area contributed by atoms with E-state index in [0.717, 1.165) is 23.7 Å². The summed E-state index contributed by atoms with van der Waals surface area (Å²) in [5, 5.41) is 7.10. The maximum Gasteiger partial charge on any atom is 0.258 e. The van der Waals surface area contributed by atoms with Crippen LogP contribution in [0.25, 0.3) is 11.5 Å². The molecule has 3 heterocycles. The normalized spacial score (nSPS) is 16.6. The highest BCUT2D eigenvalue weighted by atomic mass is 79.9. The summed E-state index contributed by atoms with van der Waals surface area (Å²) in [4.78, 5) is 28.1. The Morgan fingerprint density at radius 2 is 2.07 bits per heavy atom. The van der Waals surface area contributed by atoms with Crippen LogP contribution in [0.3, 0.4) is 0 Å². The minimum absolute atomic E-state index is 0.0281. The van der Waals surface area contributed by atoms with Gasteiger partial charge in [0.25, 0.3) is 11.8 Å². The smallest absolute Gasteiger partial charge is 0.258 e. The zero-order valence-electron chi connectivity index (χ0n) is 16.0. The summed E-state index contributed by atoms with van der Waals surface area (Å²) in [5.74, 6) is 1.42. The Balaban J connectivity index is 1.54. The molecule has 150 valence electrons. The molecule has 1 fully saturated rings. The van der Waals surface area contributed by atoms with Crippen LogP contribution in [-0.2, 0) is 0 Å². The van der Waals surface area contributed by atoms with Gasteiger partial charge in [0.05, 0.1) is 15.6 Å². The van der Waals surface area contributed by atoms with Gasteiger partial charge >= 0.3 is 0 Å². The number of rotatable bonds is 5. The van der Waals surface area contributed by atoms with Crippen LogP contribution in [0.4, 0.5) is 5.95 Å². The molecule has 0 radical (unpaired) electrons. The van der Waals surface area contributed by atoms with Crippen LogP contribution < -0.4 is 5.32 Å². The van der Waals surface area contributed by atoms with Crippen molar-refractivity contribution in [3.05, 3.63) is 52.5 Å². The first kappa shape index (κ1) is 19.5. The summed E-state index contributed by atoms with van der Waals surface area (Å²) in [6.07, 6.45) is 6.39. The van der Waals surface area contributed by atoms with E-state index >= 15 is 0 Å². The van der Waals surface area contributed by atoms with Gasteiger partial charge in [0.15, 0.2) is 5.82 Å². The average Bonchev–Trinajstić information content (AvgIpc) is 3.19. The number of anilines is 1. The van der Waals surface area contributed by atoms with Crippen molar-refractivity contribution in [3.63, 3.8) is 0 Å². The number of carbonyl (C=O) groups excluding carboxylic acids is 1. The molecule has 1 aliphatic rings. The molecular formula is C20H21BrN6O2. The van der Waals surface area contributed by atoms with Gasteiger partial charge in [-0.15, -0.1) is 0 Å². The number of hydrogen-bond donors (Lipinski definition) is 1. The van der Waals surface area contributed by atoms with Gasteiger partial charge in [-0.25, -0.2) is 9.97 Å². The Bertz CT molecular complexity index is 991. The van der Waals surface area contributed by atoms with Crippen molar-refractivity contribution in [2.75, 3.05) is 18.4 Å². The van der Waals surface area contributed by atoms with Crippen LogP contribution in [0.1, 0.15) is 35.4 Å². The Morgan fingerprint density at radius 1 is 1.28 bits per heavy atom. The lowest BCUT2D eigenvalue weighted by molar-refractivity contribution is 0.0628. The molecule has 2 aromatic heterocycles. The number of benzene rings is 1. The lowest BCUT2D eigenvalue weighted by Crippen LogP contribution is -2.47. The van der Waals surface area contributed by atoms with Crippen molar-refractivity contribution >= 4 is 27.8 Å². The van der Waals surface area contributed by atoms with Crippen LogP contribution in [0, 0.1) is 6.92 Å². The lowest BCUT2D eigenvalue weighted by Gasteiger charge is -2.36. The number of halogens is 1. The van der Waals surface area contributed by atoms with E-state index in [4.69, 9.17) is 4.52 Å². The van der Waals surface area contributed by atoms with E-state index in [-0.39, 0.29) is 11.9 Å². The highest BCUT2D eigenvalue weighted by molar-refractivity contribution is 9.10. The molecule has 29 heavy (non-hydrogen) atoms. The number of aromatic nitrogens is 4. The second-order valence-electron chi connectivity index (χ2n) is 6.95. The molecule has 1 amide bonds. The summed E-state index contributed by atoms with van der Waals surface area (Å²) < 4.78 is 6.13. The molecule has 8 nitrogen and oxygen atoms in total. The molecule has 1 saturated heterocycles. The Labute approximate surface area is 176 Å². The molecule has 1 atom stereocenters. The van der Waals surface area contributed by atoms with Gasteiger partial charge in [-0.2, -0.15) is 4.98 Å². The Hall–Kier alpha value is -2.81. The molecule has 1 aromatic carbocycles. The standard InChI is InChI=1S/C20H21BrN6O2/c1-13-25-18(29-26-13)16-7-2-3-8-17(16)19(28)27-9-5-4-6-15(27)12-24-20-22-10-14(21)11-23-20/h2-3,7-8,10-11,15H,4-6,9,12H2,1H3,(H,22,23,24). The van der Waals surface area contributed by atoms with Gasteiger partial charge in [0.2, 0.25) is 5.95 Å². The molecule has 0 saturated carbocycles. The van der Waals surface area contributed by atoms with Gasteiger partial charge in [0.1, 0.15) is 0 Å². The molecule has 1 aliphatic heterocycles. The molecule has 0 spiro atoms. The quantitative estimate of drug-likeness (QED) is 0.624. The minimum Gasteiger partial charge on any atom is -0.352 e. The SMILES string of the molecule is Cc1noc(-c2ccccc2C(=O)N2CCCCC2CNc2ncc(Br)cn2)n1. The summed E-state index contributed by atoms with van der Waals surface area (Å²) in [6, 6.07) is 7.43. The monoisotopic (exact) mass is 456 g/mol. The summed E-state index contributed by atoms with van der Waals surface area (Å²) >= 11 is 3.33. The predicted molar refractivity (Wildman–Crippen MR) is 111 cm³/mol. The number of piperidine rings is 1. The molecule has 1 N–H and O–H groups in total. The summed E-state index contributed by atoms with van der Waals surface area (Å²) in [6.45, 7) is 3.06. The topological polar surface area (TPSA) is 97.0 Å². The van der Waals surface area contributed by atoms with Gasteiger partial charge in [-0.05, 0) is 54.2 Å². The predicted octanol–water partition coefficient (Wildman–Crippen LogP) is 3.70. The maximum absolute atomic E-state index is 13.4. The van der Waals surface area contributed by atoms with E-state index in [2.05, 4.69) is 41.4 Å². The fourth-order valence-corrected chi connectivity index (χ4v) is 3.71. The number of likely N-dealkylation sites (tertiary alicyclic amines) is 1. The Kier molecular flexibility index (Phi) is 5.84. The van der Waals surface area contributed by atoms with Crippen molar-refractivity contribution in [1.82, 2.24) is 25.0 Å². The van der Waals surface area contributed by atoms with Gasteiger partial charge in [-0.3, -0.25) is 4.79 Å². The molecule has 9 heteroatoms. The Morgan fingerprint density at radius 3 is 2.83 bits per heavy atom. The first-order valence-electron chi connectivity index (χ1n) is 9.54. The third-order valence-electron chi connectivity index (χ3n) is 4.92. The summed E-state index contributed by atoms with van der Waals surface area (Å²) in [7, 11) is 0. The zero-order valence-corrected chi connectivity index (χ0v) is 17.6. The van der Waals surface area contributed by atoms with E-state index < -0.39 is 0 Å². The fraction of sp³-hybridized carbons (Fsp3) is 0.350. The third kappa shape index (κ3) is 4.45. The molecule has 0 bridgehead atoms. The van der Waals surface area contributed by atoms with Crippen LogP contribution in [-0.4, -0.2) is 50.0 Å². The van der Waals surface area contributed by atoms with Crippen LogP contribution in [0.2, 0.25) is 0 Å². The first-order valence-corrected chi connectivity index (χ1v) is 10.3. The molecular weight excluding hydrogens is 436 g/mol. The molecule has 3 aromatic rings. The second-order valence-corrected chi connectivity index (χ2v) is 7.86. The summed E-state index contributed by atoms with van der Waals surface area (Å²) in [5.41, 5.74) is 1.23. The van der Waals surface area contributed by atoms with Gasteiger partial charge < -0.3 is 14.7 Å². The van der Waals surface area contributed by atoms with Crippen molar-refractivity contribution < 1.29 is 9.32 Å². The number of aryl methyl sites for hydroxylation is 1. The van der Waals surface area contributed by atoms with Crippen molar-refractivity contribution in [3.8, 4) is 11.5 Å². The average molecular weight is 457 g/mol. The van der Waals surface area contributed by atoms with E-state index in [9.17, 15) is 4.79 Å².